The van der Waals surface area contributed by atoms with Crippen molar-refractivity contribution in [2.45, 2.75) is 38.6 Å². The molecule has 1 aromatic carbocycles. The summed E-state index contributed by atoms with van der Waals surface area (Å²) in [6.07, 6.45) is 7.58. The molecule has 0 saturated heterocycles. The number of hydrogen-bond acceptors (Lipinski definition) is 4. The first-order valence-electron chi connectivity index (χ1n) is 8.49. The van der Waals surface area contributed by atoms with E-state index in [0.29, 0.717) is 11.5 Å². The van der Waals surface area contributed by atoms with Crippen LogP contribution in [0, 0.1) is 5.92 Å². The molecule has 1 amide bonds. The molecule has 1 aromatic rings. The van der Waals surface area contributed by atoms with Crippen molar-refractivity contribution in [3.63, 3.8) is 0 Å². The van der Waals surface area contributed by atoms with Gasteiger partial charge in [-0.1, -0.05) is 13.0 Å². The van der Waals surface area contributed by atoms with E-state index in [1.54, 1.807) is 24.3 Å². The molecular formula is C19H26NNaO5. The van der Waals surface area contributed by atoms with Gasteiger partial charge in [0.1, 0.15) is 0 Å². The van der Waals surface area contributed by atoms with Crippen LogP contribution in [0.5, 0.6) is 11.5 Å². The van der Waals surface area contributed by atoms with E-state index in [0.717, 1.165) is 37.2 Å². The molecule has 2 rings (SSSR count). The third-order valence-corrected chi connectivity index (χ3v) is 4.33. The van der Waals surface area contributed by atoms with Crippen molar-refractivity contribution >= 4 is 47.5 Å². The third kappa shape index (κ3) is 7.40. The average molecular weight is 371 g/mol. The molecule has 6 nitrogen and oxygen atoms in total. The zero-order chi connectivity index (χ0) is 18.2. The van der Waals surface area contributed by atoms with Gasteiger partial charge in [0.05, 0.1) is 7.11 Å². The van der Waals surface area contributed by atoms with Gasteiger partial charge in [0.25, 0.3) is 0 Å². The van der Waals surface area contributed by atoms with Crippen molar-refractivity contribution in [1.29, 1.82) is 0 Å². The normalized spacial score (nSPS) is 19.5. The van der Waals surface area contributed by atoms with E-state index in [1.807, 2.05) is 0 Å². The number of carboxylic acid groups (broad SMARTS) is 1. The van der Waals surface area contributed by atoms with Gasteiger partial charge in [-0.05, 0) is 55.4 Å². The van der Waals surface area contributed by atoms with Gasteiger partial charge in [-0.15, -0.1) is 0 Å². The Morgan fingerprint density at radius 3 is 2.54 bits per heavy atom. The summed E-state index contributed by atoms with van der Waals surface area (Å²) in [5.41, 5.74) is 0.770. The van der Waals surface area contributed by atoms with Crippen LogP contribution in [0.1, 0.15) is 38.2 Å². The predicted octanol–water partition coefficient (Wildman–Crippen LogP) is 2.22. The quantitative estimate of drug-likeness (QED) is 0.567. The van der Waals surface area contributed by atoms with Crippen LogP contribution >= 0.6 is 0 Å². The number of rotatable bonds is 7. The van der Waals surface area contributed by atoms with Gasteiger partial charge in [0, 0.05) is 12.1 Å². The van der Waals surface area contributed by atoms with E-state index in [-0.39, 0.29) is 41.5 Å². The minimum atomic E-state index is -1.06. The Kier molecular flexibility index (Phi) is 9.76. The number of ether oxygens (including phenoxy) is 2. The fourth-order valence-electron chi connectivity index (χ4n) is 2.87. The molecule has 1 aliphatic rings. The molecule has 0 unspecified atom stereocenters. The summed E-state index contributed by atoms with van der Waals surface area (Å²) in [5.74, 6) is 0.357. The summed E-state index contributed by atoms with van der Waals surface area (Å²) < 4.78 is 10.4. The maximum atomic E-state index is 12.0. The first-order valence-corrected chi connectivity index (χ1v) is 8.49. The number of aliphatic carboxylic acids is 1. The molecule has 0 heterocycles. The van der Waals surface area contributed by atoms with Gasteiger partial charge in [-0.3, -0.25) is 4.79 Å². The second-order valence-corrected chi connectivity index (χ2v) is 6.39. The van der Waals surface area contributed by atoms with Crippen LogP contribution in [0.3, 0.4) is 0 Å². The van der Waals surface area contributed by atoms with E-state index < -0.39 is 12.6 Å². The summed E-state index contributed by atoms with van der Waals surface area (Å²) in [6, 6.07) is 5.33. The molecule has 1 aliphatic carbocycles. The second-order valence-electron chi connectivity index (χ2n) is 6.39. The van der Waals surface area contributed by atoms with Crippen molar-refractivity contribution in [2.24, 2.45) is 5.92 Å². The van der Waals surface area contributed by atoms with Gasteiger partial charge in [0.15, 0.2) is 18.1 Å². The molecule has 1 saturated carbocycles. The fraction of sp³-hybridized carbons (Fsp3) is 0.474. The number of carboxylic acids is 1. The Morgan fingerprint density at radius 1 is 1.23 bits per heavy atom. The van der Waals surface area contributed by atoms with E-state index >= 15 is 0 Å². The molecule has 2 N–H and O–H groups in total. The number of hydrogen-bond donors (Lipinski definition) is 2. The van der Waals surface area contributed by atoms with E-state index in [4.69, 9.17) is 14.6 Å². The Hall–Kier alpha value is -1.50. The number of carbonyl (C=O) groups excluding carboxylic acids is 1. The number of carbonyl (C=O) groups is 2. The van der Waals surface area contributed by atoms with E-state index in [2.05, 4.69) is 12.2 Å². The fourth-order valence-corrected chi connectivity index (χ4v) is 2.87. The second kappa shape index (κ2) is 11.3. The number of benzene rings is 1. The molecule has 0 radical (unpaired) electrons. The van der Waals surface area contributed by atoms with Gasteiger partial charge < -0.3 is 19.9 Å². The monoisotopic (exact) mass is 371 g/mol. The number of nitrogens with one attached hydrogen (secondary N) is 1. The molecule has 26 heavy (non-hydrogen) atoms. The zero-order valence-electron chi connectivity index (χ0n) is 14.7. The SMILES string of the molecule is COc1cc(/C=C/C(=O)N[C@H]2CC[C@H](C)CC2)ccc1OCC(=O)O.[NaH]. The van der Waals surface area contributed by atoms with Crippen molar-refractivity contribution < 1.29 is 24.2 Å². The van der Waals surface area contributed by atoms with Crippen LogP contribution in [-0.2, 0) is 9.59 Å². The Bertz CT molecular complexity index is 639. The Labute approximate surface area is 176 Å². The van der Waals surface area contributed by atoms with Crippen LogP contribution in [0.2, 0.25) is 0 Å². The third-order valence-electron chi connectivity index (χ3n) is 4.33. The van der Waals surface area contributed by atoms with Crippen molar-refractivity contribution in [2.75, 3.05) is 13.7 Å². The standard InChI is InChI=1S/C19H25NO5.Na.H/c1-13-3-7-15(8-4-13)20-18(21)10-6-14-5-9-16(17(11-14)24-2)25-12-19(22)23;;/h5-6,9-11,13,15H,3-4,7-8,12H2,1-2H3,(H,20,21)(H,22,23);;/b10-6+;;/t13-,15-;;. The summed E-state index contributed by atoms with van der Waals surface area (Å²) in [7, 11) is 1.48. The topological polar surface area (TPSA) is 84.9 Å². The molecule has 0 atom stereocenters. The van der Waals surface area contributed by atoms with Crippen molar-refractivity contribution in [3.05, 3.63) is 29.8 Å². The van der Waals surface area contributed by atoms with Gasteiger partial charge >= 0.3 is 35.5 Å². The molecule has 1 fully saturated rings. The number of amides is 1. The maximum absolute atomic E-state index is 12.0. The van der Waals surface area contributed by atoms with Crippen molar-refractivity contribution in [1.82, 2.24) is 5.32 Å². The zero-order valence-corrected chi connectivity index (χ0v) is 14.7. The average Bonchev–Trinajstić information content (AvgIpc) is 2.60. The van der Waals surface area contributed by atoms with Crippen LogP contribution in [0.15, 0.2) is 24.3 Å². The first-order chi connectivity index (χ1) is 12.0. The van der Waals surface area contributed by atoms with E-state index in [1.165, 1.54) is 13.2 Å². The molecule has 0 aromatic heterocycles. The first kappa shape index (κ1) is 22.5. The molecule has 138 valence electrons. The van der Waals surface area contributed by atoms with Crippen LogP contribution in [0.4, 0.5) is 0 Å². The minimum absolute atomic E-state index is 0. The molecule has 7 heteroatoms. The molecular weight excluding hydrogens is 345 g/mol. The molecule has 0 bridgehead atoms. The Morgan fingerprint density at radius 2 is 1.92 bits per heavy atom. The van der Waals surface area contributed by atoms with Gasteiger partial charge in [0.2, 0.25) is 5.91 Å². The summed E-state index contributed by atoms with van der Waals surface area (Å²) >= 11 is 0. The predicted molar refractivity (Wildman–Crippen MR) is 102 cm³/mol. The van der Waals surface area contributed by atoms with Gasteiger partial charge in [-0.25, -0.2) is 4.79 Å². The summed E-state index contributed by atoms with van der Waals surface area (Å²) in [6.45, 7) is 1.81. The van der Waals surface area contributed by atoms with Gasteiger partial charge in [-0.2, -0.15) is 0 Å². The van der Waals surface area contributed by atoms with Crippen LogP contribution < -0.4 is 14.8 Å². The molecule has 0 aliphatic heterocycles. The summed E-state index contributed by atoms with van der Waals surface area (Å²) in [5, 5.41) is 11.7. The van der Waals surface area contributed by atoms with Crippen molar-refractivity contribution in [3.8, 4) is 11.5 Å². The van der Waals surface area contributed by atoms with E-state index in [9.17, 15) is 9.59 Å². The Balaban J connectivity index is 0.00000338. The molecule has 0 spiro atoms. The van der Waals surface area contributed by atoms with Crippen LogP contribution in [-0.4, -0.2) is 66.3 Å². The summed E-state index contributed by atoms with van der Waals surface area (Å²) in [4.78, 5) is 22.6. The van der Waals surface area contributed by atoms with Crippen LogP contribution in [0.25, 0.3) is 6.08 Å². The number of methoxy groups -OCH3 is 1.